The summed E-state index contributed by atoms with van der Waals surface area (Å²) in [5, 5.41) is 8.60. The number of hydrogen-bond acceptors (Lipinski definition) is 3. The van der Waals surface area contributed by atoms with Gasteiger partial charge in [0.1, 0.15) is 6.04 Å². The van der Waals surface area contributed by atoms with Gasteiger partial charge in [0.05, 0.1) is 4.90 Å². The lowest BCUT2D eigenvalue weighted by Gasteiger charge is -2.09. The van der Waals surface area contributed by atoms with Crippen LogP contribution >= 0.6 is 15.9 Å². The zero-order valence-electron chi connectivity index (χ0n) is 8.34. The summed E-state index contributed by atoms with van der Waals surface area (Å²) in [4.78, 5) is 10.6. The van der Waals surface area contributed by atoms with Crippen molar-refractivity contribution in [3.05, 3.63) is 28.7 Å². The van der Waals surface area contributed by atoms with Gasteiger partial charge in [-0.2, -0.15) is 4.72 Å². The molecule has 88 valence electrons. The topological polar surface area (TPSA) is 83.5 Å². The molecule has 0 fully saturated rings. The van der Waals surface area contributed by atoms with Crippen molar-refractivity contribution in [1.29, 1.82) is 0 Å². The number of aliphatic carboxylic acids is 1. The van der Waals surface area contributed by atoms with Gasteiger partial charge in [-0.05, 0) is 31.2 Å². The minimum atomic E-state index is -3.77. The molecule has 1 aromatic rings. The predicted octanol–water partition coefficient (Wildman–Crippen LogP) is 1.20. The van der Waals surface area contributed by atoms with Crippen molar-refractivity contribution in [1.82, 2.24) is 4.72 Å². The van der Waals surface area contributed by atoms with Crippen LogP contribution in [-0.2, 0) is 14.8 Å². The molecule has 0 amide bonds. The van der Waals surface area contributed by atoms with Gasteiger partial charge in [0, 0.05) is 4.47 Å². The molecule has 0 radical (unpaired) electrons. The van der Waals surface area contributed by atoms with Gasteiger partial charge in [0.2, 0.25) is 10.0 Å². The van der Waals surface area contributed by atoms with Crippen molar-refractivity contribution >= 4 is 31.9 Å². The van der Waals surface area contributed by atoms with Crippen LogP contribution in [0.4, 0.5) is 0 Å². The van der Waals surface area contributed by atoms with E-state index in [1.807, 2.05) is 4.72 Å². The third kappa shape index (κ3) is 3.29. The molecule has 0 aliphatic heterocycles. The van der Waals surface area contributed by atoms with Gasteiger partial charge in [-0.25, -0.2) is 8.42 Å². The fourth-order valence-electron chi connectivity index (χ4n) is 0.965. The van der Waals surface area contributed by atoms with Gasteiger partial charge in [-0.1, -0.05) is 15.9 Å². The lowest BCUT2D eigenvalue weighted by atomic mass is 10.4. The molecule has 5 nitrogen and oxygen atoms in total. The SMILES string of the molecule is C[C@@H](NS(=O)(=O)c1ccc(Br)cc1)C(=O)O. The molecule has 1 aromatic carbocycles. The molecule has 1 rings (SSSR count). The molecule has 2 N–H and O–H groups in total. The molecule has 0 saturated carbocycles. The van der Waals surface area contributed by atoms with E-state index in [2.05, 4.69) is 15.9 Å². The lowest BCUT2D eigenvalue weighted by molar-refractivity contribution is -0.138. The first-order valence-electron chi connectivity index (χ1n) is 4.33. The van der Waals surface area contributed by atoms with E-state index in [4.69, 9.17) is 5.11 Å². The van der Waals surface area contributed by atoms with E-state index < -0.39 is 22.0 Å². The Morgan fingerprint density at radius 1 is 1.38 bits per heavy atom. The molecule has 0 heterocycles. The van der Waals surface area contributed by atoms with Crippen molar-refractivity contribution < 1.29 is 18.3 Å². The second-order valence-corrected chi connectivity index (χ2v) is 5.76. The standard InChI is InChI=1S/C9H10BrNO4S/c1-6(9(12)13)11-16(14,15)8-4-2-7(10)3-5-8/h2-6,11H,1H3,(H,12,13)/t6-/m1/s1. The van der Waals surface area contributed by atoms with Gasteiger partial charge in [0.15, 0.2) is 0 Å². The monoisotopic (exact) mass is 307 g/mol. The van der Waals surface area contributed by atoms with Gasteiger partial charge in [-0.15, -0.1) is 0 Å². The normalized spacial score (nSPS) is 13.4. The fourth-order valence-corrected chi connectivity index (χ4v) is 2.43. The molecule has 0 aliphatic carbocycles. The summed E-state index contributed by atoms with van der Waals surface area (Å²) in [5.41, 5.74) is 0. The molecule has 0 bridgehead atoms. The Morgan fingerprint density at radius 3 is 2.31 bits per heavy atom. The van der Waals surface area contributed by atoms with E-state index in [9.17, 15) is 13.2 Å². The van der Waals surface area contributed by atoms with Gasteiger partial charge in [0.25, 0.3) is 0 Å². The number of sulfonamides is 1. The maximum atomic E-state index is 11.7. The maximum absolute atomic E-state index is 11.7. The first-order chi connectivity index (χ1) is 7.33. The first-order valence-corrected chi connectivity index (χ1v) is 6.61. The highest BCUT2D eigenvalue weighted by Crippen LogP contribution is 2.14. The van der Waals surface area contributed by atoms with Gasteiger partial charge in [-0.3, -0.25) is 4.79 Å². The van der Waals surface area contributed by atoms with E-state index in [1.165, 1.54) is 19.1 Å². The second-order valence-electron chi connectivity index (χ2n) is 3.14. The Morgan fingerprint density at radius 2 is 1.88 bits per heavy atom. The Labute approximate surface area is 102 Å². The molecule has 7 heteroatoms. The van der Waals surface area contributed by atoms with Crippen LogP contribution in [0.25, 0.3) is 0 Å². The molecular weight excluding hydrogens is 298 g/mol. The van der Waals surface area contributed by atoms with Crippen LogP contribution in [0.3, 0.4) is 0 Å². The molecule has 0 saturated heterocycles. The van der Waals surface area contributed by atoms with Gasteiger partial charge >= 0.3 is 5.97 Å². The van der Waals surface area contributed by atoms with Crippen LogP contribution in [0.1, 0.15) is 6.92 Å². The zero-order valence-corrected chi connectivity index (χ0v) is 10.7. The molecule has 0 aliphatic rings. The quantitative estimate of drug-likeness (QED) is 0.875. The average Bonchev–Trinajstić information content (AvgIpc) is 2.17. The number of carboxylic acid groups (broad SMARTS) is 1. The minimum absolute atomic E-state index is 0.0313. The van der Waals surface area contributed by atoms with Crippen LogP contribution in [-0.4, -0.2) is 25.5 Å². The highest BCUT2D eigenvalue weighted by molar-refractivity contribution is 9.10. The van der Waals surface area contributed by atoms with E-state index in [0.29, 0.717) is 0 Å². The van der Waals surface area contributed by atoms with Gasteiger partial charge < -0.3 is 5.11 Å². The van der Waals surface area contributed by atoms with Crippen LogP contribution < -0.4 is 4.72 Å². The molecular formula is C9H10BrNO4S. The molecule has 0 spiro atoms. The van der Waals surface area contributed by atoms with E-state index in [1.54, 1.807) is 12.1 Å². The van der Waals surface area contributed by atoms with Crippen LogP contribution in [0, 0.1) is 0 Å². The van der Waals surface area contributed by atoms with Crippen LogP contribution in [0.2, 0.25) is 0 Å². The maximum Gasteiger partial charge on any atom is 0.321 e. The number of nitrogens with one attached hydrogen (secondary N) is 1. The number of rotatable bonds is 4. The smallest absolute Gasteiger partial charge is 0.321 e. The summed E-state index contributed by atoms with van der Waals surface area (Å²) in [7, 11) is -3.77. The summed E-state index contributed by atoms with van der Waals surface area (Å²) in [6.07, 6.45) is 0. The van der Waals surface area contributed by atoms with E-state index >= 15 is 0 Å². The number of halogens is 1. The summed E-state index contributed by atoms with van der Waals surface area (Å²) >= 11 is 3.18. The van der Waals surface area contributed by atoms with Crippen molar-refractivity contribution in [2.24, 2.45) is 0 Å². The largest absolute Gasteiger partial charge is 0.480 e. The molecule has 1 atom stereocenters. The van der Waals surface area contributed by atoms with Crippen LogP contribution in [0.5, 0.6) is 0 Å². The minimum Gasteiger partial charge on any atom is -0.480 e. The second kappa shape index (κ2) is 4.94. The van der Waals surface area contributed by atoms with Crippen molar-refractivity contribution in [2.75, 3.05) is 0 Å². The molecule has 16 heavy (non-hydrogen) atoms. The number of carboxylic acids is 1. The third-order valence-electron chi connectivity index (χ3n) is 1.83. The Hall–Kier alpha value is -0.920. The Bertz CT molecular complexity index is 483. The van der Waals surface area contributed by atoms with E-state index in [0.717, 1.165) is 4.47 Å². The zero-order chi connectivity index (χ0) is 12.3. The Balaban J connectivity index is 2.94. The molecule has 0 unspecified atom stereocenters. The third-order valence-corrected chi connectivity index (χ3v) is 3.91. The Kier molecular flexibility index (Phi) is 4.06. The highest BCUT2D eigenvalue weighted by atomic mass is 79.9. The van der Waals surface area contributed by atoms with Crippen molar-refractivity contribution in [3.8, 4) is 0 Å². The van der Waals surface area contributed by atoms with Crippen molar-refractivity contribution in [3.63, 3.8) is 0 Å². The fraction of sp³-hybridized carbons (Fsp3) is 0.222. The number of carbonyl (C=O) groups is 1. The number of benzene rings is 1. The highest BCUT2D eigenvalue weighted by Gasteiger charge is 2.20. The summed E-state index contributed by atoms with van der Waals surface area (Å²) < 4.78 is 26.1. The van der Waals surface area contributed by atoms with Crippen molar-refractivity contribution in [2.45, 2.75) is 17.9 Å². The predicted molar refractivity (Wildman–Crippen MR) is 61.6 cm³/mol. The average molecular weight is 308 g/mol. The summed E-state index contributed by atoms with van der Waals surface area (Å²) in [6.45, 7) is 1.26. The number of hydrogen-bond donors (Lipinski definition) is 2. The lowest BCUT2D eigenvalue weighted by Crippen LogP contribution is -2.38. The first kappa shape index (κ1) is 13.1. The van der Waals surface area contributed by atoms with E-state index in [-0.39, 0.29) is 4.90 Å². The molecule has 0 aromatic heterocycles. The summed E-state index contributed by atoms with van der Waals surface area (Å²) in [6, 6.07) is 4.76. The summed E-state index contributed by atoms with van der Waals surface area (Å²) in [5.74, 6) is -1.22. The van der Waals surface area contributed by atoms with Crippen LogP contribution in [0.15, 0.2) is 33.6 Å².